The molecule has 2 heteroatoms. The zero-order valence-electron chi connectivity index (χ0n) is 8.20. The fourth-order valence-electron chi connectivity index (χ4n) is 1.41. The third kappa shape index (κ3) is 4.13. The van der Waals surface area contributed by atoms with Gasteiger partial charge in [-0.3, -0.25) is 0 Å². The molecule has 1 aromatic rings. The average Bonchev–Trinajstić information content (AvgIpc) is 2.57. The molecule has 0 saturated heterocycles. The van der Waals surface area contributed by atoms with Gasteiger partial charge in [0.15, 0.2) is 0 Å². The summed E-state index contributed by atoms with van der Waals surface area (Å²) < 4.78 is 4.93. The smallest absolute Gasteiger partial charge is 0.0935 e. The Morgan fingerprint density at radius 3 is 2.92 bits per heavy atom. The number of aliphatic hydroxyl groups excluding tert-OH is 1. The average molecular weight is 182 g/mol. The molecule has 0 radical (unpaired) electrons. The van der Waals surface area contributed by atoms with Gasteiger partial charge in [-0.1, -0.05) is 26.2 Å². The van der Waals surface area contributed by atoms with Crippen LogP contribution in [0.1, 0.15) is 38.2 Å². The van der Waals surface area contributed by atoms with Crippen LogP contribution in [0.4, 0.5) is 0 Å². The topological polar surface area (TPSA) is 33.4 Å². The molecule has 1 aromatic heterocycles. The molecular weight excluding hydrogens is 164 g/mol. The quantitative estimate of drug-likeness (QED) is 0.686. The van der Waals surface area contributed by atoms with E-state index in [1.807, 2.05) is 6.07 Å². The molecule has 2 nitrogen and oxygen atoms in total. The fraction of sp³-hybridized carbons (Fsp3) is 0.636. The van der Waals surface area contributed by atoms with E-state index in [1.165, 1.54) is 12.8 Å². The molecule has 1 heterocycles. The molecule has 1 rings (SSSR count). The Bertz CT molecular complexity index is 204. The minimum absolute atomic E-state index is 0.204. The summed E-state index contributed by atoms with van der Waals surface area (Å²) in [5.74, 6) is 0. The van der Waals surface area contributed by atoms with Gasteiger partial charge in [0.05, 0.1) is 18.6 Å². The van der Waals surface area contributed by atoms with Crippen molar-refractivity contribution in [2.75, 3.05) is 0 Å². The van der Waals surface area contributed by atoms with Crippen molar-refractivity contribution in [2.24, 2.45) is 0 Å². The molecule has 0 saturated carbocycles. The normalized spacial score (nSPS) is 13.1. The summed E-state index contributed by atoms with van der Waals surface area (Å²) in [5, 5.41) is 9.61. The van der Waals surface area contributed by atoms with Crippen LogP contribution in [0.5, 0.6) is 0 Å². The fourth-order valence-corrected chi connectivity index (χ4v) is 1.41. The van der Waals surface area contributed by atoms with Gasteiger partial charge in [-0.15, -0.1) is 0 Å². The highest BCUT2D eigenvalue weighted by molar-refractivity contribution is 5.06. The lowest BCUT2D eigenvalue weighted by Gasteiger charge is -2.07. The molecule has 0 aliphatic rings. The second-order valence-electron chi connectivity index (χ2n) is 3.49. The largest absolute Gasteiger partial charge is 0.472 e. The van der Waals surface area contributed by atoms with Crippen LogP contribution in [0.3, 0.4) is 0 Å². The van der Waals surface area contributed by atoms with Gasteiger partial charge in [0.1, 0.15) is 0 Å². The molecule has 1 atom stereocenters. The monoisotopic (exact) mass is 182 g/mol. The summed E-state index contributed by atoms with van der Waals surface area (Å²) in [4.78, 5) is 0. The van der Waals surface area contributed by atoms with E-state index in [1.54, 1.807) is 12.5 Å². The van der Waals surface area contributed by atoms with Gasteiger partial charge < -0.3 is 9.52 Å². The van der Waals surface area contributed by atoms with Crippen LogP contribution >= 0.6 is 0 Å². The summed E-state index contributed by atoms with van der Waals surface area (Å²) >= 11 is 0. The van der Waals surface area contributed by atoms with Crippen LogP contribution in [0.25, 0.3) is 0 Å². The van der Waals surface area contributed by atoms with E-state index in [9.17, 15) is 5.11 Å². The van der Waals surface area contributed by atoms with E-state index in [4.69, 9.17) is 4.42 Å². The van der Waals surface area contributed by atoms with Crippen molar-refractivity contribution in [3.8, 4) is 0 Å². The van der Waals surface area contributed by atoms with Gasteiger partial charge in [-0.2, -0.15) is 0 Å². The SMILES string of the molecule is CCCCCC(O)Cc1ccoc1. The molecule has 0 amide bonds. The van der Waals surface area contributed by atoms with Gasteiger partial charge in [0, 0.05) is 6.42 Å². The van der Waals surface area contributed by atoms with Crippen molar-refractivity contribution < 1.29 is 9.52 Å². The van der Waals surface area contributed by atoms with E-state index >= 15 is 0 Å². The van der Waals surface area contributed by atoms with Crippen molar-refractivity contribution in [3.63, 3.8) is 0 Å². The molecule has 74 valence electrons. The van der Waals surface area contributed by atoms with Crippen molar-refractivity contribution in [2.45, 2.75) is 45.1 Å². The zero-order valence-corrected chi connectivity index (χ0v) is 8.20. The lowest BCUT2D eigenvalue weighted by Crippen LogP contribution is -2.09. The third-order valence-electron chi connectivity index (χ3n) is 2.19. The molecule has 0 aliphatic carbocycles. The predicted molar refractivity (Wildman–Crippen MR) is 52.6 cm³/mol. The first-order valence-corrected chi connectivity index (χ1v) is 5.02. The molecule has 13 heavy (non-hydrogen) atoms. The molecule has 0 bridgehead atoms. The van der Waals surface area contributed by atoms with Crippen LogP contribution in [0, 0.1) is 0 Å². The highest BCUT2D eigenvalue weighted by atomic mass is 16.3. The Kier molecular flexibility index (Phi) is 4.61. The maximum atomic E-state index is 9.61. The maximum Gasteiger partial charge on any atom is 0.0935 e. The van der Waals surface area contributed by atoms with Gasteiger partial charge >= 0.3 is 0 Å². The van der Waals surface area contributed by atoms with E-state index in [-0.39, 0.29) is 6.10 Å². The van der Waals surface area contributed by atoms with Crippen molar-refractivity contribution in [3.05, 3.63) is 24.2 Å². The summed E-state index contributed by atoms with van der Waals surface area (Å²) in [6.07, 6.45) is 8.30. The van der Waals surface area contributed by atoms with Crippen LogP contribution in [-0.4, -0.2) is 11.2 Å². The Morgan fingerprint density at radius 2 is 2.31 bits per heavy atom. The Morgan fingerprint density at radius 1 is 1.46 bits per heavy atom. The number of hydrogen-bond donors (Lipinski definition) is 1. The van der Waals surface area contributed by atoms with Crippen molar-refractivity contribution in [1.82, 2.24) is 0 Å². The minimum atomic E-state index is -0.204. The van der Waals surface area contributed by atoms with Crippen LogP contribution < -0.4 is 0 Å². The van der Waals surface area contributed by atoms with E-state index < -0.39 is 0 Å². The van der Waals surface area contributed by atoms with Gasteiger partial charge in [-0.25, -0.2) is 0 Å². The van der Waals surface area contributed by atoms with E-state index in [0.29, 0.717) is 0 Å². The van der Waals surface area contributed by atoms with Gasteiger partial charge in [0.2, 0.25) is 0 Å². The summed E-state index contributed by atoms with van der Waals surface area (Å²) in [6, 6.07) is 1.91. The summed E-state index contributed by atoms with van der Waals surface area (Å²) in [7, 11) is 0. The molecule has 0 aromatic carbocycles. The number of aliphatic hydroxyl groups is 1. The Hall–Kier alpha value is -0.760. The number of unbranched alkanes of at least 4 members (excludes halogenated alkanes) is 2. The zero-order chi connectivity index (χ0) is 9.52. The number of rotatable bonds is 6. The second kappa shape index (κ2) is 5.81. The van der Waals surface area contributed by atoms with Crippen molar-refractivity contribution in [1.29, 1.82) is 0 Å². The van der Waals surface area contributed by atoms with Gasteiger partial charge in [0.25, 0.3) is 0 Å². The Labute approximate surface area is 79.6 Å². The maximum absolute atomic E-state index is 9.61. The molecule has 0 aliphatic heterocycles. The van der Waals surface area contributed by atoms with Crippen LogP contribution in [0.15, 0.2) is 23.0 Å². The number of furan rings is 1. The first kappa shape index (κ1) is 10.3. The second-order valence-corrected chi connectivity index (χ2v) is 3.49. The van der Waals surface area contributed by atoms with Crippen LogP contribution in [0.2, 0.25) is 0 Å². The highest BCUT2D eigenvalue weighted by Gasteiger charge is 2.05. The molecule has 1 unspecified atom stereocenters. The molecule has 0 spiro atoms. The lowest BCUT2D eigenvalue weighted by molar-refractivity contribution is 0.161. The first-order chi connectivity index (χ1) is 6.33. The van der Waals surface area contributed by atoms with Crippen LogP contribution in [-0.2, 0) is 6.42 Å². The molecular formula is C11H18O2. The molecule has 1 N–H and O–H groups in total. The van der Waals surface area contributed by atoms with E-state index in [0.717, 1.165) is 24.8 Å². The highest BCUT2D eigenvalue weighted by Crippen LogP contribution is 2.09. The predicted octanol–water partition coefficient (Wildman–Crippen LogP) is 2.76. The van der Waals surface area contributed by atoms with E-state index in [2.05, 4.69) is 6.92 Å². The van der Waals surface area contributed by atoms with Gasteiger partial charge in [-0.05, 0) is 18.1 Å². The summed E-state index contributed by atoms with van der Waals surface area (Å²) in [5.41, 5.74) is 1.09. The first-order valence-electron chi connectivity index (χ1n) is 5.02. The lowest BCUT2D eigenvalue weighted by atomic mass is 10.1. The van der Waals surface area contributed by atoms with Crippen molar-refractivity contribution >= 4 is 0 Å². The summed E-state index contributed by atoms with van der Waals surface area (Å²) in [6.45, 7) is 2.17. The standard InChI is InChI=1S/C11H18O2/c1-2-3-4-5-11(12)8-10-6-7-13-9-10/h6-7,9,11-12H,2-5,8H2,1H3. The Balaban J connectivity index is 2.14. The molecule has 0 fully saturated rings. The third-order valence-corrected chi connectivity index (χ3v) is 2.19. The number of hydrogen-bond acceptors (Lipinski definition) is 2. The minimum Gasteiger partial charge on any atom is -0.472 e.